The maximum Gasteiger partial charge on any atom is 0.124 e. The number of hydrogen-bond acceptors (Lipinski definition) is 3. The topological polar surface area (TPSA) is 26.7 Å². The van der Waals surface area contributed by atoms with Crippen molar-refractivity contribution in [3.63, 3.8) is 0 Å². The fraction of sp³-hybridized carbons (Fsp3) is 0.0732. The Hall–Kier alpha value is -4.67. The number of hydrogen-bond donors (Lipinski definition) is 1. The van der Waals surface area contributed by atoms with Crippen LogP contribution in [0.5, 0.6) is 5.75 Å². The van der Waals surface area contributed by atoms with Crippen molar-refractivity contribution in [1.29, 1.82) is 0 Å². The van der Waals surface area contributed by atoms with Gasteiger partial charge < -0.3 is 14.9 Å². The molecule has 6 heteroatoms. The van der Waals surface area contributed by atoms with E-state index in [1.54, 1.807) is 6.07 Å². The molecule has 0 bridgehead atoms. The number of aromatic hydroxyl groups is 1. The lowest BCUT2D eigenvalue weighted by Gasteiger charge is -2.45. The van der Waals surface area contributed by atoms with Crippen LogP contribution in [0.4, 0.5) is 11.4 Å². The first-order chi connectivity index (χ1) is 23.0. The summed E-state index contributed by atoms with van der Waals surface area (Å²) >= 11 is 19.4. The number of benzene rings is 6. The van der Waals surface area contributed by atoms with E-state index in [0.29, 0.717) is 15.1 Å². The molecule has 47 heavy (non-hydrogen) atoms. The number of anilines is 2. The van der Waals surface area contributed by atoms with Crippen molar-refractivity contribution in [2.24, 2.45) is 0 Å². The van der Waals surface area contributed by atoms with Gasteiger partial charge in [0.25, 0.3) is 0 Å². The summed E-state index contributed by atoms with van der Waals surface area (Å²) in [7, 11) is 0. The lowest BCUT2D eigenvalue weighted by atomic mass is 9.88. The van der Waals surface area contributed by atoms with Crippen molar-refractivity contribution >= 4 is 51.9 Å². The van der Waals surface area contributed by atoms with Gasteiger partial charge in [0, 0.05) is 32.0 Å². The van der Waals surface area contributed by atoms with Gasteiger partial charge in [-0.2, -0.15) is 0 Å². The zero-order valence-electron chi connectivity index (χ0n) is 25.3. The molecule has 1 aliphatic heterocycles. The van der Waals surface area contributed by atoms with Crippen LogP contribution in [0, 0.1) is 0 Å². The van der Waals surface area contributed by atoms with Crippen molar-refractivity contribution in [1.82, 2.24) is 0 Å². The Morgan fingerprint density at radius 2 is 0.894 bits per heavy atom. The molecule has 1 heterocycles. The van der Waals surface area contributed by atoms with Crippen LogP contribution in [-0.4, -0.2) is 5.11 Å². The molecule has 0 spiro atoms. The summed E-state index contributed by atoms with van der Waals surface area (Å²) in [6.45, 7) is 0. The molecular formula is C41H31Cl3N2O. The molecule has 0 radical (unpaired) electrons. The Balaban J connectivity index is 1.63. The summed E-state index contributed by atoms with van der Waals surface area (Å²) in [4.78, 5) is 4.82. The Morgan fingerprint density at radius 1 is 0.447 bits per heavy atom. The van der Waals surface area contributed by atoms with E-state index in [2.05, 4.69) is 88.7 Å². The van der Waals surface area contributed by atoms with Crippen LogP contribution >= 0.6 is 34.8 Å². The maximum atomic E-state index is 11.5. The average molecular weight is 674 g/mol. The third-order valence-electron chi connectivity index (χ3n) is 8.66. The zero-order chi connectivity index (χ0) is 32.3. The molecule has 1 unspecified atom stereocenters. The molecule has 0 aromatic heterocycles. The number of nitrogens with zero attached hydrogens (tertiary/aromatic N) is 2. The third kappa shape index (κ3) is 6.35. The largest absolute Gasteiger partial charge is 0.507 e. The fourth-order valence-electron chi connectivity index (χ4n) is 6.56. The number of para-hydroxylation sites is 3. The van der Waals surface area contributed by atoms with Gasteiger partial charge in [-0.05, 0) is 95.6 Å². The second kappa shape index (κ2) is 13.6. The van der Waals surface area contributed by atoms with E-state index in [0.717, 1.165) is 39.3 Å². The highest BCUT2D eigenvalue weighted by Gasteiger charge is 2.43. The van der Waals surface area contributed by atoms with Crippen LogP contribution in [0.1, 0.15) is 40.4 Å². The van der Waals surface area contributed by atoms with E-state index in [1.807, 2.05) is 78.9 Å². The number of phenols is 1. The van der Waals surface area contributed by atoms with E-state index in [9.17, 15) is 5.11 Å². The molecule has 1 N–H and O–H groups in total. The Bertz CT molecular complexity index is 1980. The first-order valence-electron chi connectivity index (χ1n) is 15.4. The second-order valence-electron chi connectivity index (χ2n) is 11.5. The lowest BCUT2D eigenvalue weighted by molar-refractivity contribution is 0.472. The molecule has 3 atom stereocenters. The summed E-state index contributed by atoms with van der Waals surface area (Å²) in [5.41, 5.74) is 6.78. The van der Waals surface area contributed by atoms with E-state index < -0.39 is 0 Å². The minimum absolute atomic E-state index is 0.195. The highest BCUT2D eigenvalue weighted by atomic mass is 35.5. The first kappa shape index (κ1) is 31.0. The lowest BCUT2D eigenvalue weighted by Crippen LogP contribution is -2.39. The normalized spacial score (nSPS) is 18.0. The number of halogens is 3. The zero-order valence-corrected chi connectivity index (χ0v) is 27.6. The van der Waals surface area contributed by atoms with Crippen LogP contribution in [0.3, 0.4) is 0 Å². The summed E-state index contributed by atoms with van der Waals surface area (Å²) in [5, 5.41) is 13.5. The average Bonchev–Trinajstić information content (AvgIpc) is 3.26. The Morgan fingerprint density at radius 3 is 1.43 bits per heavy atom. The third-order valence-corrected chi connectivity index (χ3v) is 9.41. The SMILES string of the molecule is Oc1ccccc1C1=CC(c2ccc(Cl)cc2)N(c2ccccc2)[C@@H](c2ccc(Cl)cc2)[C@H](c2ccc(Cl)cc2)N1c1ccccc1. The summed E-state index contributed by atoms with van der Waals surface area (Å²) in [6, 6.07) is 51.7. The van der Waals surface area contributed by atoms with Crippen LogP contribution < -0.4 is 9.80 Å². The Labute approximate surface area is 290 Å². The molecule has 232 valence electrons. The van der Waals surface area contributed by atoms with Crippen molar-refractivity contribution in [3.8, 4) is 5.75 Å². The minimum atomic E-state index is -0.306. The van der Waals surface area contributed by atoms with Crippen molar-refractivity contribution in [3.05, 3.63) is 201 Å². The summed E-state index contributed by atoms with van der Waals surface area (Å²) < 4.78 is 0. The highest BCUT2D eigenvalue weighted by molar-refractivity contribution is 6.31. The van der Waals surface area contributed by atoms with Gasteiger partial charge in [0.15, 0.2) is 0 Å². The van der Waals surface area contributed by atoms with Gasteiger partial charge in [0.2, 0.25) is 0 Å². The molecule has 6 aromatic rings. The fourth-order valence-corrected chi connectivity index (χ4v) is 6.93. The first-order valence-corrected chi connectivity index (χ1v) is 16.6. The van der Waals surface area contributed by atoms with E-state index in [-0.39, 0.29) is 23.9 Å². The van der Waals surface area contributed by atoms with Crippen LogP contribution in [0.25, 0.3) is 5.70 Å². The molecule has 0 saturated carbocycles. The van der Waals surface area contributed by atoms with Gasteiger partial charge in [-0.25, -0.2) is 0 Å². The standard InChI is InChI=1S/C41H31Cl3N2O/c42-31-21-15-28(16-22-31)37-27-38(36-13-7-8-14-39(36)47)46(35-11-5-2-6-12-35)41(30-19-25-33(44)26-20-30)40(29-17-23-32(43)24-18-29)45(37)34-9-3-1-4-10-34/h1-27,37,40-41,47H/t37?,40-,41-/m0/s1. The summed E-state index contributed by atoms with van der Waals surface area (Å²) in [5.74, 6) is 0.195. The molecular weight excluding hydrogens is 643 g/mol. The van der Waals surface area contributed by atoms with Gasteiger partial charge in [0.05, 0.1) is 23.8 Å². The molecule has 3 nitrogen and oxygen atoms in total. The molecule has 0 fully saturated rings. The molecule has 0 aliphatic carbocycles. The quantitative estimate of drug-likeness (QED) is 0.191. The van der Waals surface area contributed by atoms with Gasteiger partial charge in [-0.1, -0.05) is 120 Å². The molecule has 6 aromatic carbocycles. The second-order valence-corrected chi connectivity index (χ2v) is 12.8. The monoisotopic (exact) mass is 672 g/mol. The molecule has 1 aliphatic rings. The van der Waals surface area contributed by atoms with Crippen molar-refractivity contribution < 1.29 is 5.11 Å². The predicted octanol–water partition coefficient (Wildman–Crippen LogP) is 11.9. The van der Waals surface area contributed by atoms with E-state index in [1.165, 1.54) is 0 Å². The smallest absolute Gasteiger partial charge is 0.124 e. The predicted molar refractivity (Wildman–Crippen MR) is 197 cm³/mol. The summed E-state index contributed by atoms with van der Waals surface area (Å²) in [6.07, 6.45) is 2.26. The molecule has 0 amide bonds. The van der Waals surface area contributed by atoms with Gasteiger partial charge in [-0.3, -0.25) is 0 Å². The number of rotatable bonds is 6. The van der Waals surface area contributed by atoms with Crippen LogP contribution in [0.2, 0.25) is 15.1 Å². The maximum absolute atomic E-state index is 11.5. The van der Waals surface area contributed by atoms with Crippen LogP contribution in [-0.2, 0) is 0 Å². The minimum Gasteiger partial charge on any atom is -0.507 e. The molecule has 7 rings (SSSR count). The van der Waals surface area contributed by atoms with Crippen LogP contribution in [0.15, 0.2) is 164 Å². The van der Waals surface area contributed by atoms with E-state index in [4.69, 9.17) is 34.8 Å². The number of phenolic OH excluding ortho intramolecular Hbond substituents is 1. The highest BCUT2D eigenvalue weighted by Crippen LogP contribution is 2.53. The van der Waals surface area contributed by atoms with Gasteiger partial charge in [-0.15, -0.1) is 0 Å². The Kier molecular flexibility index (Phi) is 8.95. The van der Waals surface area contributed by atoms with E-state index >= 15 is 0 Å². The van der Waals surface area contributed by atoms with Gasteiger partial charge >= 0.3 is 0 Å². The van der Waals surface area contributed by atoms with Gasteiger partial charge in [0.1, 0.15) is 5.75 Å². The van der Waals surface area contributed by atoms with Crippen molar-refractivity contribution in [2.45, 2.75) is 18.1 Å². The van der Waals surface area contributed by atoms with Crippen molar-refractivity contribution in [2.75, 3.05) is 9.80 Å². The molecule has 0 saturated heterocycles.